The van der Waals surface area contributed by atoms with Crippen molar-refractivity contribution in [3.63, 3.8) is 0 Å². The number of ketones is 1. The van der Waals surface area contributed by atoms with Gasteiger partial charge in [-0.1, -0.05) is 0 Å². The number of hydrogen-bond acceptors (Lipinski definition) is 9. The summed E-state index contributed by atoms with van der Waals surface area (Å²) in [6, 6.07) is 1.65. The Labute approximate surface area is 162 Å². The van der Waals surface area contributed by atoms with E-state index < -0.39 is 41.0 Å². The van der Waals surface area contributed by atoms with Gasteiger partial charge >= 0.3 is 11.9 Å². The molecule has 2 heterocycles. The Morgan fingerprint density at radius 3 is 2.50 bits per heavy atom. The number of carbonyl (C=O) groups excluding carboxylic acids is 3. The van der Waals surface area contributed by atoms with E-state index >= 15 is 0 Å². The van der Waals surface area contributed by atoms with E-state index in [2.05, 4.69) is 20.9 Å². The highest BCUT2D eigenvalue weighted by atomic mass is 79.9. The molecule has 0 aromatic carbocycles. The first-order chi connectivity index (χ1) is 12.2. The van der Waals surface area contributed by atoms with Gasteiger partial charge in [-0.15, -0.1) is 11.8 Å². The molecule has 0 saturated carbocycles. The summed E-state index contributed by atoms with van der Waals surface area (Å²) >= 11 is 4.34. The molecular weight excluding hydrogens is 430 g/mol. The van der Waals surface area contributed by atoms with Crippen LogP contribution in [-0.4, -0.2) is 56.8 Å². The molecule has 4 atom stereocenters. The smallest absolute Gasteiger partial charge is 0.303 e. The molecule has 1 aromatic heterocycles. The molecule has 0 unspecified atom stereocenters. The molecule has 1 aliphatic heterocycles. The molecule has 0 spiro atoms. The van der Waals surface area contributed by atoms with E-state index in [1.807, 2.05) is 0 Å². The number of ether oxygens (including phenoxy) is 3. The number of hydrogen-bond donors (Lipinski definition) is 1. The molecule has 0 bridgehead atoms. The standard InChI is InChI=1S/C16H18BrNO7S/c1-8(19)16(25-10(3)21)7-26-15(13(22)14(16)23-9(2)20)24-12-4-11(17)5-18-6-12/h4-6,13-15,22H,7H2,1-3H3/t13-,14-,15+,16+/m1/s1. The van der Waals surface area contributed by atoms with Crippen LogP contribution in [0.15, 0.2) is 22.9 Å². The van der Waals surface area contributed by atoms with Gasteiger partial charge in [0.05, 0.1) is 6.20 Å². The van der Waals surface area contributed by atoms with Gasteiger partial charge < -0.3 is 19.3 Å². The molecule has 26 heavy (non-hydrogen) atoms. The van der Waals surface area contributed by atoms with Gasteiger partial charge in [-0.05, 0) is 28.9 Å². The van der Waals surface area contributed by atoms with Crippen molar-refractivity contribution in [3.8, 4) is 5.75 Å². The van der Waals surface area contributed by atoms with E-state index in [9.17, 15) is 19.5 Å². The van der Waals surface area contributed by atoms with E-state index in [0.717, 1.165) is 25.6 Å². The van der Waals surface area contributed by atoms with Crippen LogP contribution in [-0.2, 0) is 23.9 Å². The fourth-order valence-corrected chi connectivity index (χ4v) is 4.26. The zero-order valence-electron chi connectivity index (χ0n) is 14.3. The van der Waals surface area contributed by atoms with E-state index in [-0.39, 0.29) is 5.75 Å². The van der Waals surface area contributed by atoms with Crippen molar-refractivity contribution in [1.82, 2.24) is 4.98 Å². The number of pyridine rings is 1. The number of halogens is 1. The highest BCUT2D eigenvalue weighted by molar-refractivity contribution is 9.10. The average Bonchev–Trinajstić information content (AvgIpc) is 2.52. The number of nitrogens with zero attached hydrogens (tertiary/aromatic N) is 1. The van der Waals surface area contributed by atoms with Crippen molar-refractivity contribution < 1.29 is 33.7 Å². The lowest BCUT2D eigenvalue weighted by molar-refractivity contribution is -0.199. The predicted molar refractivity (Wildman–Crippen MR) is 95.5 cm³/mol. The van der Waals surface area contributed by atoms with Gasteiger partial charge in [0.25, 0.3) is 0 Å². The van der Waals surface area contributed by atoms with Gasteiger partial charge in [-0.25, -0.2) is 0 Å². The summed E-state index contributed by atoms with van der Waals surface area (Å²) in [5, 5.41) is 10.7. The van der Waals surface area contributed by atoms with Crippen molar-refractivity contribution in [1.29, 1.82) is 0 Å². The molecular formula is C16H18BrNO7S. The molecule has 1 fully saturated rings. The SMILES string of the molecule is CC(=O)O[C@@H]1[C@@H](O)[C@@H](Oc2cncc(Br)c2)SC[C@]1(OC(C)=O)C(C)=O. The molecule has 1 N–H and O–H groups in total. The number of aliphatic hydroxyl groups is 1. The molecule has 1 saturated heterocycles. The quantitative estimate of drug-likeness (QED) is 0.670. The van der Waals surface area contributed by atoms with Crippen LogP contribution in [0.25, 0.3) is 0 Å². The summed E-state index contributed by atoms with van der Waals surface area (Å²) in [5.74, 6) is -1.64. The molecule has 0 radical (unpaired) electrons. The first kappa shape index (κ1) is 20.7. The molecule has 1 aromatic rings. The van der Waals surface area contributed by atoms with Crippen molar-refractivity contribution in [2.24, 2.45) is 0 Å². The van der Waals surface area contributed by atoms with Crippen LogP contribution >= 0.6 is 27.7 Å². The Bertz CT molecular complexity index is 716. The second-order valence-corrected chi connectivity index (χ2v) is 7.70. The fourth-order valence-electron chi connectivity index (χ4n) is 2.56. The number of carbonyl (C=O) groups is 3. The van der Waals surface area contributed by atoms with Crippen LogP contribution in [0.3, 0.4) is 0 Å². The van der Waals surface area contributed by atoms with E-state index in [1.54, 1.807) is 12.3 Å². The summed E-state index contributed by atoms with van der Waals surface area (Å²) in [4.78, 5) is 39.3. The maximum absolute atomic E-state index is 12.3. The second-order valence-electron chi connectivity index (χ2n) is 5.70. The fraction of sp³-hybridized carbons (Fsp3) is 0.500. The van der Waals surface area contributed by atoms with E-state index in [1.165, 1.54) is 13.1 Å². The van der Waals surface area contributed by atoms with Crippen LogP contribution in [0.2, 0.25) is 0 Å². The lowest BCUT2D eigenvalue weighted by Crippen LogP contribution is -2.65. The van der Waals surface area contributed by atoms with Crippen LogP contribution in [0.5, 0.6) is 5.75 Å². The maximum atomic E-state index is 12.3. The second kappa shape index (κ2) is 8.36. The summed E-state index contributed by atoms with van der Waals surface area (Å²) in [6.07, 6.45) is 0.214. The van der Waals surface area contributed by atoms with Crippen molar-refractivity contribution in [2.75, 3.05) is 5.75 Å². The highest BCUT2D eigenvalue weighted by Gasteiger charge is 2.58. The largest absolute Gasteiger partial charge is 0.475 e. The third-order valence-electron chi connectivity index (χ3n) is 3.66. The van der Waals surface area contributed by atoms with Crippen LogP contribution in [0.4, 0.5) is 0 Å². The molecule has 1 aliphatic rings. The van der Waals surface area contributed by atoms with Crippen LogP contribution < -0.4 is 4.74 Å². The Morgan fingerprint density at radius 1 is 1.27 bits per heavy atom. The van der Waals surface area contributed by atoms with Gasteiger partial charge in [0.15, 0.2) is 17.3 Å². The summed E-state index contributed by atoms with van der Waals surface area (Å²) in [5.41, 5.74) is -2.64. The maximum Gasteiger partial charge on any atom is 0.303 e. The molecule has 0 aliphatic carbocycles. The lowest BCUT2D eigenvalue weighted by Gasteiger charge is -2.44. The summed E-state index contributed by atoms with van der Waals surface area (Å²) < 4.78 is 16.8. The van der Waals surface area contributed by atoms with E-state index in [0.29, 0.717) is 10.2 Å². The molecule has 8 nitrogen and oxygen atoms in total. The zero-order valence-corrected chi connectivity index (χ0v) is 16.7. The third kappa shape index (κ3) is 4.54. The average molecular weight is 448 g/mol. The van der Waals surface area contributed by atoms with Crippen LogP contribution in [0, 0.1) is 0 Å². The lowest BCUT2D eigenvalue weighted by atomic mass is 9.89. The van der Waals surface area contributed by atoms with Gasteiger partial charge in [-0.2, -0.15) is 0 Å². The number of rotatable bonds is 5. The van der Waals surface area contributed by atoms with Gasteiger partial charge in [0, 0.05) is 30.3 Å². The Morgan fingerprint density at radius 2 is 1.96 bits per heavy atom. The summed E-state index contributed by atoms with van der Waals surface area (Å²) in [7, 11) is 0. The number of esters is 2. The zero-order chi connectivity index (χ0) is 19.5. The number of thioether (sulfide) groups is 1. The van der Waals surface area contributed by atoms with Crippen molar-refractivity contribution in [3.05, 3.63) is 22.9 Å². The third-order valence-corrected chi connectivity index (χ3v) is 5.39. The molecule has 2 rings (SSSR count). The minimum absolute atomic E-state index is 0.0387. The minimum Gasteiger partial charge on any atom is -0.475 e. The van der Waals surface area contributed by atoms with Crippen molar-refractivity contribution in [2.45, 2.75) is 44.0 Å². The molecule has 142 valence electrons. The first-order valence-corrected chi connectivity index (χ1v) is 9.44. The minimum atomic E-state index is -1.78. The topological polar surface area (TPSA) is 112 Å². The molecule has 0 amide bonds. The molecule has 10 heteroatoms. The predicted octanol–water partition coefficient (Wildman–Crippen LogP) is 1.48. The van der Waals surface area contributed by atoms with Gasteiger partial charge in [0.2, 0.25) is 5.60 Å². The Balaban J connectivity index is 2.32. The van der Waals surface area contributed by atoms with Gasteiger partial charge in [-0.3, -0.25) is 19.4 Å². The highest BCUT2D eigenvalue weighted by Crippen LogP contribution is 2.39. The summed E-state index contributed by atoms with van der Waals surface area (Å²) in [6.45, 7) is 3.50. The monoisotopic (exact) mass is 447 g/mol. The van der Waals surface area contributed by atoms with Crippen molar-refractivity contribution >= 4 is 45.4 Å². The number of Topliss-reactive ketones (excluding diaryl/α,β-unsaturated/α-hetero) is 1. The van der Waals surface area contributed by atoms with Crippen LogP contribution in [0.1, 0.15) is 20.8 Å². The van der Waals surface area contributed by atoms with E-state index in [4.69, 9.17) is 14.2 Å². The number of aromatic nitrogens is 1. The first-order valence-electron chi connectivity index (χ1n) is 7.60. The number of aliphatic hydroxyl groups excluding tert-OH is 1. The Kier molecular flexibility index (Phi) is 6.64. The normalized spacial score (nSPS) is 28.1. The van der Waals surface area contributed by atoms with Gasteiger partial charge in [0.1, 0.15) is 11.9 Å². The Hall–Kier alpha value is -1.65.